The van der Waals surface area contributed by atoms with E-state index in [1.807, 2.05) is 6.08 Å². The molecule has 312 valence electrons. The van der Waals surface area contributed by atoms with Crippen molar-refractivity contribution in [3.05, 3.63) is 12.7 Å². The van der Waals surface area contributed by atoms with E-state index in [-0.39, 0.29) is 19.4 Å². The van der Waals surface area contributed by atoms with Crippen molar-refractivity contribution in [2.75, 3.05) is 19.8 Å². The fourth-order valence-corrected chi connectivity index (χ4v) is 6.82. The zero-order valence-electron chi connectivity index (χ0n) is 33.5. The van der Waals surface area contributed by atoms with Gasteiger partial charge in [0.1, 0.15) is 12.6 Å². The normalized spacial score (nSPS) is 13.6. The first-order chi connectivity index (χ1) is 25.6. The lowest BCUT2D eigenvalue weighted by Crippen LogP contribution is -2.34. The highest BCUT2D eigenvalue weighted by Gasteiger charge is 2.28. The van der Waals surface area contributed by atoms with Crippen LogP contribution in [0.1, 0.15) is 200 Å². The number of carbonyl (C=O) groups is 3. The third kappa shape index (κ3) is 36.9. The van der Waals surface area contributed by atoms with Gasteiger partial charge in [0.15, 0.2) is 6.10 Å². The molecule has 0 aliphatic carbocycles. The van der Waals surface area contributed by atoms with E-state index >= 15 is 0 Å². The Kier molecular flexibility index (Phi) is 35.9. The molecule has 12 heteroatoms. The van der Waals surface area contributed by atoms with Crippen molar-refractivity contribution in [1.82, 2.24) is 0 Å². The molecule has 1 unspecified atom stereocenters. The first-order valence-corrected chi connectivity index (χ1v) is 22.7. The number of hydrogen-bond donors (Lipinski definition) is 3. The van der Waals surface area contributed by atoms with Crippen LogP contribution in [0, 0.1) is 0 Å². The third-order valence-corrected chi connectivity index (χ3v) is 10.4. The average Bonchev–Trinajstić information content (AvgIpc) is 3.13. The summed E-state index contributed by atoms with van der Waals surface area (Å²) in [5.74, 6) is -2.37. The molecule has 0 bridgehead atoms. The van der Waals surface area contributed by atoms with Gasteiger partial charge in [0, 0.05) is 12.8 Å². The maximum atomic E-state index is 12.6. The van der Waals surface area contributed by atoms with E-state index in [1.54, 1.807) is 0 Å². The Labute approximate surface area is 322 Å². The van der Waals surface area contributed by atoms with Crippen molar-refractivity contribution < 1.29 is 47.5 Å². The Bertz CT molecular complexity index is 950. The first-order valence-electron chi connectivity index (χ1n) is 21.2. The Hall–Kier alpha value is -1.78. The van der Waals surface area contributed by atoms with Crippen LogP contribution in [-0.4, -0.2) is 59.9 Å². The van der Waals surface area contributed by atoms with Crippen LogP contribution >= 0.6 is 7.82 Å². The third-order valence-electron chi connectivity index (χ3n) is 9.41. The van der Waals surface area contributed by atoms with E-state index in [2.05, 4.69) is 18.0 Å². The van der Waals surface area contributed by atoms with Crippen LogP contribution in [0.3, 0.4) is 0 Å². The lowest BCUT2D eigenvalue weighted by molar-refractivity contribution is -0.161. The van der Waals surface area contributed by atoms with Gasteiger partial charge in [-0.1, -0.05) is 167 Å². The molecule has 0 aliphatic rings. The number of carboxylic acid groups (broad SMARTS) is 1. The zero-order valence-corrected chi connectivity index (χ0v) is 34.4. The number of aliphatic carboxylic acids is 1. The van der Waals surface area contributed by atoms with Crippen molar-refractivity contribution in [2.24, 2.45) is 5.73 Å². The number of unbranched alkanes of at least 4 members (excludes halogenated alkanes) is 26. The second kappa shape index (κ2) is 37.2. The molecule has 3 atom stereocenters. The molecule has 0 saturated heterocycles. The van der Waals surface area contributed by atoms with Gasteiger partial charge in [0.2, 0.25) is 0 Å². The smallest absolute Gasteiger partial charge is 0.472 e. The molecule has 0 saturated carbocycles. The van der Waals surface area contributed by atoms with E-state index in [0.29, 0.717) is 12.8 Å². The van der Waals surface area contributed by atoms with Crippen molar-refractivity contribution in [3.63, 3.8) is 0 Å². The molecule has 4 N–H and O–H groups in total. The summed E-state index contributed by atoms with van der Waals surface area (Å²) in [6.45, 7) is 4.34. The highest BCUT2D eigenvalue weighted by molar-refractivity contribution is 7.47. The van der Waals surface area contributed by atoms with Crippen LogP contribution in [0.5, 0.6) is 0 Å². The minimum atomic E-state index is -4.71. The van der Waals surface area contributed by atoms with E-state index in [0.717, 1.165) is 44.9 Å². The van der Waals surface area contributed by atoms with E-state index in [1.165, 1.54) is 122 Å². The predicted octanol–water partition coefficient (Wildman–Crippen LogP) is 10.9. The minimum absolute atomic E-state index is 0.164. The average molecular weight is 776 g/mol. The summed E-state index contributed by atoms with van der Waals surface area (Å²) >= 11 is 0. The second-order valence-electron chi connectivity index (χ2n) is 14.6. The lowest BCUT2D eigenvalue weighted by Gasteiger charge is -2.20. The number of rotatable bonds is 41. The lowest BCUT2D eigenvalue weighted by atomic mass is 10.0. The first kappa shape index (κ1) is 51.2. The summed E-state index contributed by atoms with van der Waals surface area (Å²) in [5.41, 5.74) is 5.33. The Morgan fingerprint density at radius 1 is 0.604 bits per heavy atom. The quantitative estimate of drug-likeness (QED) is 0.0233. The van der Waals surface area contributed by atoms with Crippen LogP contribution in [0.2, 0.25) is 0 Å². The van der Waals surface area contributed by atoms with Gasteiger partial charge in [-0.3, -0.25) is 23.4 Å². The topological polar surface area (TPSA) is 172 Å². The number of esters is 2. The monoisotopic (exact) mass is 776 g/mol. The van der Waals surface area contributed by atoms with E-state index in [4.69, 9.17) is 24.8 Å². The molecule has 53 heavy (non-hydrogen) atoms. The number of hydrogen-bond acceptors (Lipinski definition) is 9. The molecule has 0 spiro atoms. The molecular weight excluding hydrogens is 697 g/mol. The van der Waals surface area contributed by atoms with E-state index < -0.39 is 51.1 Å². The van der Waals surface area contributed by atoms with Crippen LogP contribution in [-0.2, 0) is 37.5 Å². The molecule has 0 fully saturated rings. The molecule has 0 aromatic carbocycles. The zero-order chi connectivity index (χ0) is 39.3. The van der Waals surface area contributed by atoms with Gasteiger partial charge in [-0.25, -0.2) is 4.57 Å². The molecule has 11 nitrogen and oxygen atoms in total. The fraction of sp³-hybridized carbons (Fsp3) is 0.878. The number of phosphoric ester groups is 1. The molecule has 0 aliphatic heterocycles. The Morgan fingerprint density at radius 3 is 1.40 bits per heavy atom. The largest absolute Gasteiger partial charge is 0.480 e. The van der Waals surface area contributed by atoms with Gasteiger partial charge in [-0.2, -0.15) is 0 Å². The maximum absolute atomic E-state index is 12.6. The van der Waals surface area contributed by atoms with Gasteiger partial charge in [0.25, 0.3) is 0 Å². The highest BCUT2D eigenvalue weighted by Crippen LogP contribution is 2.43. The minimum Gasteiger partial charge on any atom is -0.480 e. The summed E-state index contributed by atoms with van der Waals surface area (Å²) < 4.78 is 32.7. The predicted molar refractivity (Wildman–Crippen MR) is 213 cm³/mol. The standard InChI is InChI=1S/C41H78NO10P/c1-3-5-7-9-11-13-15-17-19-21-23-25-27-29-31-33-40(44)52-37(35-50-53(47,48)51-36-38(42)41(45)46)34-49-39(43)32-30-28-26-24-22-20-18-16-14-12-10-8-6-4-2/h3,37-38H,1,4-36,42H2,2H3,(H,45,46)(H,47,48)/t37-,38+/m1/s1. The molecule has 0 radical (unpaired) electrons. The van der Waals surface area contributed by atoms with Crippen LogP contribution in [0.25, 0.3) is 0 Å². The van der Waals surface area contributed by atoms with Crippen molar-refractivity contribution in [2.45, 2.75) is 212 Å². The summed E-state index contributed by atoms with van der Waals surface area (Å²) in [4.78, 5) is 45.9. The van der Waals surface area contributed by atoms with Gasteiger partial charge in [-0.15, -0.1) is 6.58 Å². The van der Waals surface area contributed by atoms with Gasteiger partial charge < -0.3 is 25.2 Å². The van der Waals surface area contributed by atoms with Crippen molar-refractivity contribution in [1.29, 1.82) is 0 Å². The molecule has 0 aromatic rings. The Morgan fingerprint density at radius 2 is 0.981 bits per heavy atom. The highest BCUT2D eigenvalue weighted by atomic mass is 31.2. The number of carbonyl (C=O) groups excluding carboxylic acids is 2. The summed E-state index contributed by atoms with van der Waals surface area (Å²) in [6.07, 6.45) is 34.5. The molecular formula is C41H78NO10P. The maximum Gasteiger partial charge on any atom is 0.472 e. The summed E-state index contributed by atoms with van der Waals surface area (Å²) in [6, 6.07) is -1.52. The van der Waals surface area contributed by atoms with Crippen molar-refractivity contribution >= 4 is 25.7 Å². The van der Waals surface area contributed by atoms with Gasteiger partial charge in [-0.05, 0) is 25.7 Å². The number of allylic oxidation sites excluding steroid dienone is 1. The van der Waals surface area contributed by atoms with Crippen LogP contribution in [0.15, 0.2) is 12.7 Å². The van der Waals surface area contributed by atoms with Gasteiger partial charge >= 0.3 is 25.7 Å². The number of carboxylic acids is 1. The fourth-order valence-electron chi connectivity index (χ4n) is 6.05. The number of nitrogens with two attached hydrogens (primary N) is 1. The summed E-state index contributed by atoms with van der Waals surface area (Å²) in [7, 11) is -4.71. The summed E-state index contributed by atoms with van der Waals surface area (Å²) in [5, 5.41) is 8.88. The second-order valence-corrected chi connectivity index (χ2v) is 16.0. The molecule has 0 rings (SSSR count). The van der Waals surface area contributed by atoms with Crippen molar-refractivity contribution in [3.8, 4) is 0 Å². The van der Waals surface area contributed by atoms with Gasteiger partial charge in [0.05, 0.1) is 13.2 Å². The molecule has 0 aromatic heterocycles. The Balaban J connectivity index is 4.33. The van der Waals surface area contributed by atoms with Crippen LogP contribution < -0.4 is 5.73 Å². The SMILES string of the molecule is C=CCCCCCCCCCCCCCCCC(=O)O[C@H](COC(=O)CCCCCCCCCCCCCCCC)COP(=O)(O)OC[C@H](N)C(=O)O. The van der Waals surface area contributed by atoms with E-state index in [9.17, 15) is 23.8 Å². The number of phosphoric acid groups is 1. The molecule has 0 amide bonds. The molecule has 0 heterocycles. The van der Waals surface area contributed by atoms with Crippen LogP contribution in [0.4, 0.5) is 0 Å². The number of ether oxygens (including phenoxy) is 2.